The summed E-state index contributed by atoms with van der Waals surface area (Å²) in [5.41, 5.74) is 0.811. The number of hydrogen-bond donors (Lipinski definition) is 0. The average molecular weight is 308 g/mol. The van der Waals surface area contributed by atoms with E-state index in [2.05, 4.69) is 26.9 Å². The van der Waals surface area contributed by atoms with Gasteiger partial charge < -0.3 is 0 Å². The summed E-state index contributed by atoms with van der Waals surface area (Å²) in [4.78, 5) is 11.5. The van der Waals surface area contributed by atoms with Gasteiger partial charge in [0, 0.05) is 7.05 Å². The highest BCUT2D eigenvalue weighted by Gasteiger charge is 2.18. The normalized spacial score (nSPS) is 20.8. The quantitative estimate of drug-likeness (QED) is 0.818. The number of hydrogen-bond acceptors (Lipinski definition) is 4. The number of fused-ring (bicyclic) bond motifs is 1. The largest absolute Gasteiger partial charge is 0.296 e. The van der Waals surface area contributed by atoms with Gasteiger partial charge in [0.15, 0.2) is 5.65 Å². The molecule has 5 nitrogen and oxygen atoms in total. The van der Waals surface area contributed by atoms with Crippen molar-refractivity contribution in [3.05, 3.63) is 17.2 Å². The summed E-state index contributed by atoms with van der Waals surface area (Å²) >= 11 is 6.25. The molecule has 21 heavy (non-hydrogen) atoms. The van der Waals surface area contributed by atoms with Crippen LogP contribution in [0.3, 0.4) is 0 Å². The molecule has 3 heterocycles. The molecule has 0 spiro atoms. The van der Waals surface area contributed by atoms with Crippen molar-refractivity contribution < 1.29 is 0 Å². The molecule has 1 aliphatic rings. The van der Waals surface area contributed by atoms with E-state index in [0.717, 1.165) is 42.4 Å². The number of likely N-dealkylation sites (tertiary alicyclic amines) is 1. The number of nitrogens with zero attached hydrogens (tertiary/aromatic N) is 5. The smallest absolute Gasteiger partial charge is 0.162 e. The highest BCUT2D eigenvalue weighted by molar-refractivity contribution is 6.33. The fourth-order valence-corrected chi connectivity index (χ4v) is 3.32. The second-order valence-corrected chi connectivity index (χ2v) is 6.28. The van der Waals surface area contributed by atoms with Crippen molar-refractivity contribution >= 4 is 22.6 Å². The van der Waals surface area contributed by atoms with Gasteiger partial charge in [-0.1, -0.05) is 24.9 Å². The molecule has 2 aromatic heterocycles. The molecule has 0 radical (unpaired) electrons. The Bertz CT molecular complexity index is 624. The molecule has 2 aromatic rings. The van der Waals surface area contributed by atoms with Crippen LogP contribution in [0, 0.1) is 5.92 Å². The van der Waals surface area contributed by atoms with Crippen molar-refractivity contribution in [1.29, 1.82) is 0 Å². The molecule has 0 N–H and O–H groups in total. The topological polar surface area (TPSA) is 46.8 Å². The predicted octanol–water partition coefficient (Wildman–Crippen LogP) is 3.03. The van der Waals surface area contributed by atoms with Crippen LogP contribution in [0.25, 0.3) is 11.0 Å². The summed E-state index contributed by atoms with van der Waals surface area (Å²) in [6, 6.07) is 0. The number of aromatic nitrogens is 4. The summed E-state index contributed by atoms with van der Waals surface area (Å²) in [5.74, 6) is 1.67. The fraction of sp³-hybridized carbons (Fsp3) is 0.667. The van der Waals surface area contributed by atoms with E-state index in [-0.39, 0.29) is 0 Å². The van der Waals surface area contributed by atoms with E-state index in [1.54, 1.807) is 10.9 Å². The number of aryl methyl sites for hydroxylation is 1. The Hall–Kier alpha value is -1.20. The van der Waals surface area contributed by atoms with Crippen molar-refractivity contribution in [3.8, 4) is 0 Å². The van der Waals surface area contributed by atoms with E-state index < -0.39 is 0 Å². The van der Waals surface area contributed by atoms with Crippen molar-refractivity contribution in [3.63, 3.8) is 0 Å². The maximum atomic E-state index is 6.25. The van der Waals surface area contributed by atoms with E-state index in [1.165, 1.54) is 25.7 Å². The zero-order valence-electron chi connectivity index (χ0n) is 12.7. The van der Waals surface area contributed by atoms with Crippen LogP contribution in [-0.2, 0) is 13.6 Å². The van der Waals surface area contributed by atoms with Gasteiger partial charge in [0.25, 0.3) is 0 Å². The first-order chi connectivity index (χ1) is 10.2. The summed E-state index contributed by atoms with van der Waals surface area (Å²) in [6.45, 7) is 5.32. The van der Waals surface area contributed by atoms with Crippen LogP contribution in [0.1, 0.15) is 38.4 Å². The van der Waals surface area contributed by atoms with Crippen LogP contribution < -0.4 is 0 Å². The molecular weight excluding hydrogens is 286 g/mol. The standard InChI is InChI=1S/C15H22ClN5/c1-3-11-5-4-7-21(8-6-11)10-13-18-14(16)12-9-17-20(2)15(12)19-13/h9,11H,3-8,10H2,1-2H3. The maximum absolute atomic E-state index is 6.25. The Morgan fingerprint density at radius 2 is 2.14 bits per heavy atom. The van der Waals surface area contributed by atoms with E-state index in [9.17, 15) is 0 Å². The number of rotatable bonds is 3. The lowest BCUT2D eigenvalue weighted by Gasteiger charge is -2.19. The van der Waals surface area contributed by atoms with Crippen molar-refractivity contribution in [1.82, 2.24) is 24.6 Å². The van der Waals surface area contributed by atoms with Gasteiger partial charge >= 0.3 is 0 Å². The Morgan fingerprint density at radius 1 is 1.29 bits per heavy atom. The first-order valence-electron chi connectivity index (χ1n) is 7.74. The second-order valence-electron chi connectivity index (χ2n) is 5.92. The molecule has 1 atom stereocenters. The van der Waals surface area contributed by atoms with E-state index in [4.69, 9.17) is 11.6 Å². The lowest BCUT2D eigenvalue weighted by Crippen LogP contribution is -2.25. The van der Waals surface area contributed by atoms with E-state index in [0.29, 0.717) is 5.15 Å². The molecule has 0 amide bonds. The van der Waals surface area contributed by atoms with Crippen LogP contribution in [0.15, 0.2) is 6.20 Å². The van der Waals surface area contributed by atoms with Gasteiger partial charge in [-0.3, -0.25) is 9.58 Å². The first-order valence-corrected chi connectivity index (χ1v) is 8.11. The Balaban J connectivity index is 1.76. The Morgan fingerprint density at radius 3 is 2.95 bits per heavy atom. The van der Waals surface area contributed by atoms with Crippen molar-refractivity contribution in [2.24, 2.45) is 13.0 Å². The third-order valence-electron chi connectivity index (χ3n) is 4.47. The Labute approximate surface area is 130 Å². The predicted molar refractivity (Wildman–Crippen MR) is 84.2 cm³/mol. The highest BCUT2D eigenvalue weighted by atomic mass is 35.5. The molecular formula is C15H22ClN5. The summed E-state index contributed by atoms with van der Waals surface area (Å²) in [5, 5.41) is 5.52. The van der Waals surface area contributed by atoms with Gasteiger partial charge in [-0.15, -0.1) is 0 Å². The first kappa shape index (κ1) is 14.7. The molecule has 6 heteroatoms. The highest BCUT2D eigenvalue weighted by Crippen LogP contribution is 2.23. The van der Waals surface area contributed by atoms with Crippen molar-refractivity contribution in [2.75, 3.05) is 13.1 Å². The minimum Gasteiger partial charge on any atom is -0.296 e. The zero-order chi connectivity index (χ0) is 14.8. The summed E-state index contributed by atoms with van der Waals surface area (Å²) < 4.78 is 1.75. The van der Waals surface area contributed by atoms with Gasteiger partial charge in [0.05, 0.1) is 18.1 Å². The average Bonchev–Trinajstić information content (AvgIpc) is 2.71. The van der Waals surface area contributed by atoms with Gasteiger partial charge in [-0.05, 0) is 38.3 Å². The van der Waals surface area contributed by atoms with Crippen LogP contribution in [0.4, 0.5) is 0 Å². The zero-order valence-corrected chi connectivity index (χ0v) is 13.5. The van der Waals surface area contributed by atoms with Gasteiger partial charge in [0.2, 0.25) is 0 Å². The molecule has 0 bridgehead atoms. The maximum Gasteiger partial charge on any atom is 0.162 e. The summed E-state index contributed by atoms with van der Waals surface area (Å²) in [7, 11) is 1.88. The van der Waals surface area contributed by atoms with Gasteiger partial charge in [0.1, 0.15) is 11.0 Å². The molecule has 1 unspecified atom stereocenters. The van der Waals surface area contributed by atoms with E-state index >= 15 is 0 Å². The molecule has 1 saturated heterocycles. The molecule has 114 valence electrons. The molecule has 0 aromatic carbocycles. The lowest BCUT2D eigenvalue weighted by molar-refractivity contribution is 0.265. The minimum absolute atomic E-state index is 0.504. The van der Waals surface area contributed by atoms with Gasteiger partial charge in [-0.25, -0.2) is 9.97 Å². The van der Waals surface area contributed by atoms with Crippen LogP contribution >= 0.6 is 11.6 Å². The summed E-state index contributed by atoms with van der Waals surface area (Å²) in [6.07, 6.45) is 6.89. The molecule has 0 saturated carbocycles. The third-order valence-corrected chi connectivity index (χ3v) is 4.76. The molecule has 3 rings (SSSR count). The Kier molecular flexibility index (Phi) is 4.40. The minimum atomic E-state index is 0.504. The number of halogens is 1. The lowest BCUT2D eigenvalue weighted by atomic mass is 9.98. The molecule has 1 aliphatic heterocycles. The SMILES string of the molecule is CCC1CCCN(Cc2nc(Cl)c3cnn(C)c3n2)CC1. The van der Waals surface area contributed by atoms with Crippen molar-refractivity contribution in [2.45, 2.75) is 39.2 Å². The van der Waals surface area contributed by atoms with Gasteiger partial charge in [-0.2, -0.15) is 5.10 Å². The van der Waals surface area contributed by atoms with Crippen LogP contribution in [0.2, 0.25) is 5.15 Å². The monoisotopic (exact) mass is 307 g/mol. The molecule has 1 fully saturated rings. The molecule has 0 aliphatic carbocycles. The fourth-order valence-electron chi connectivity index (χ4n) is 3.09. The third kappa shape index (κ3) is 3.19. The van der Waals surface area contributed by atoms with Crippen LogP contribution in [0.5, 0.6) is 0 Å². The van der Waals surface area contributed by atoms with E-state index in [1.807, 2.05) is 7.05 Å². The second kappa shape index (κ2) is 6.28. The van der Waals surface area contributed by atoms with Crippen LogP contribution in [-0.4, -0.2) is 37.7 Å².